The molecule has 0 unspecified atom stereocenters. The lowest BCUT2D eigenvalue weighted by atomic mass is 10.2. The van der Waals surface area contributed by atoms with Gasteiger partial charge in [-0.1, -0.05) is 48.6 Å². The van der Waals surface area contributed by atoms with Crippen molar-refractivity contribution in [3.05, 3.63) is 71.8 Å². The van der Waals surface area contributed by atoms with Gasteiger partial charge in [0, 0.05) is 45.2 Å². The van der Waals surface area contributed by atoms with E-state index in [2.05, 4.69) is 29.2 Å². The van der Waals surface area contributed by atoms with Crippen LogP contribution in [0.4, 0.5) is 0 Å². The number of hydrogen-bond donors (Lipinski definition) is 0. The Balaban J connectivity index is 1.25. The van der Waals surface area contributed by atoms with Crippen LogP contribution in [-0.4, -0.2) is 61.6 Å². The molecule has 1 saturated heterocycles. The minimum atomic E-state index is 0.0570. The quantitative estimate of drug-likeness (QED) is 0.713. The molecule has 30 heavy (non-hydrogen) atoms. The summed E-state index contributed by atoms with van der Waals surface area (Å²) < 4.78 is 11.4. The molecular weight excluding hydrogens is 376 g/mol. The van der Waals surface area contributed by atoms with Crippen molar-refractivity contribution in [3.63, 3.8) is 0 Å². The number of amides is 1. The maximum absolute atomic E-state index is 12.6. The van der Waals surface area contributed by atoms with E-state index in [0.29, 0.717) is 13.2 Å². The van der Waals surface area contributed by atoms with E-state index in [-0.39, 0.29) is 5.91 Å². The van der Waals surface area contributed by atoms with Gasteiger partial charge in [-0.3, -0.25) is 9.69 Å². The van der Waals surface area contributed by atoms with E-state index in [1.807, 2.05) is 47.4 Å². The zero-order chi connectivity index (χ0) is 20.6. The molecule has 0 atom stereocenters. The first-order valence-corrected chi connectivity index (χ1v) is 10.6. The maximum Gasteiger partial charge on any atom is 0.246 e. The third-order valence-electron chi connectivity index (χ3n) is 5.35. The average Bonchev–Trinajstić information content (AvgIpc) is 3.04. The maximum atomic E-state index is 12.6. The zero-order valence-corrected chi connectivity index (χ0v) is 17.2. The van der Waals surface area contributed by atoms with E-state index in [1.165, 1.54) is 5.56 Å². The molecule has 5 nitrogen and oxygen atoms in total. The van der Waals surface area contributed by atoms with Crippen molar-refractivity contribution in [1.82, 2.24) is 9.80 Å². The lowest BCUT2D eigenvalue weighted by Crippen LogP contribution is -2.48. The number of ether oxygens (including phenoxy) is 2. The summed E-state index contributed by atoms with van der Waals surface area (Å²) >= 11 is 0. The molecular formula is C25H28N2O3. The molecule has 2 aromatic carbocycles. The van der Waals surface area contributed by atoms with Crippen molar-refractivity contribution in [3.8, 4) is 11.5 Å². The number of benzene rings is 2. The monoisotopic (exact) mass is 404 g/mol. The molecule has 5 heteroatoms. The van der Waals surface area contributed by atoms with Gasteiger partial charge in [0.1, 0.15) is 0 Å². The molecule has 1 fully saturated rings. The molecule has 4 rings (SSSR count). The van der Waals surface area contributed by atoms with Crippen LogP contribution < -0.4 is 9.47 Å². The summed E-state index contributed by atoms with van der Waals surface area (Å²) in [6, 6.07) is 16.1. The topological polar surface area (TPSA) is 42.0 Å². The van der Waals surface area contributed by atoms with Gasteiger partial charge >= 0.3 is 0 Å². The van der Waals surface area contributed by atoms with E-state index in [1.54, 1.807) is 6.08 Å². The second-order valence-electron chi connectivity index (χ2n) is 7.53. The SMILES string of the molecule is O=C(C=Cc1ccc2c(c1)OCCCO2)N1CCN(CC=Cc2ccccc2)CC1. The highest BCUT2D eigenvalue weighted by molar-refractivity contribution is 5.92. The molecule has 2 aliphatic heterocycles. The predicted molar refractivity (Wildman–Crippen MR) is 120 cm³/mol. The summed E-state index contributed by atoms with van der Waals surface area (Å²) in [5, 5.41) is 0. The summed E-state index contributed by atoms with van der Waals surface area (Å²) in [7, 11) is 0. The fourth-order valence-electron chi connectivity index (χ4n) is 3.61. The Labute approximate surface area is 178 Å². The van der Waals surface area contributed by atoms with E-state index in [9.17, 15) is 4.79 Å². The standard InChI is InChI=1S/C25H28N2O3/c28-25(12-10-22-9-11-23-24(20-22)30-19-5-18-29-23)27-16-14-26(15-17-27)13-4-8-21-6-2-1-3-7-21/h1-4,6-12,20H,5,13-19H2. The number of fused-ring (bicyclic) bond motifs is 1. The summed E-state index contributed by atoms with van der Waals surface area (Å²) in [6.07, 6.45) is 8.73. The number of rotatable bonds is 5. The minimum absolute atomic E-state index is 0.0570. The van der Waals surface area contributed by atoms with Crippen LogP contribution in [0, 0.1) is 0 Å². The van der Waals surface area contributed by atoms with Crippen LogP contribution in [0.5, 0.6) is 11.5 Å². The summed E-state index contributed by atoms with van der Waals surface area (Å²) in [5.74, 6) is 1.58. The van der Waals surface area contributed by atoms with Crippen LogP contribution in [0.2, 0.25) is 0 Å². The van der Waals surface area contributed by atoms with E-state index in [0.717, 1.165) is 56.2 Å². The van der Waals surface area contributed by atoms with Gasteiger partial charge in [0.2, 0.25) is 5.91 Å². The second kappa shape index (κ2) is 10.1. The number of piperazine rings is 1. The summed E-state index contributed by atoms with van der Waals surface area (Å²) in [4.78, 5) is 16.9. The first-order chi connectivity index (χ1) is 14.8. The highest BCUT2D eigenvalue weighted by atomic mass is 16.5. The molecule has 0 bridgehead atoms. The van der Waals surface area contributed by atoms with Gasteiger partial charge in [-0.2, -0.15) is 0 Å². The molecule has 0 N–H and O–H groups in total. The molecule has 1 amide bonds. The van der Waals surface area contributed by atoms with Gasteiger partial charge in [0.15, 0.2) is 11.5 Å². The first-order valence-electron chi connectivity index (χ1n) is 10.6. The van der Waals surface area contributed by atoms with Crippen LogP contribution in [0.25, 0.3) is 12.2 Å². The van der Waals surface area contributed by atoms with E-state index < -0.39 is 0 Å². The lowest BCUT2D eigenvalue weighted by Gasteiger charge is -2.33. The molecule has 0 spiro atoms. The van der Waals surface area contributed by atoms with Gasteiger partial charge in [-0.05, 0) is 29.3 Å². The second-order valence-corrected chi connectivity index (χ2v) is 7.53. The molecule has 2 aliphatic rings. The van der Waals surface area contributed by atoms with Gasteiger partial charge < -0.3 is 14.4 Å². The summed E-state index contributed by atoms with van der Waals surface area (Å²) in [5.41, 5.74) is 2.16. The average molecular weight is 405 g/mol. The summed E-state index contributed by atoms with van der Waals surface area (Å²) in [6.45, 7) is 5.53. The predicted octanol–water partition coefficient (Wildman–Crippen LogP) is 3.72. The zero-order valence-electron chi connectivity index (χ0n) is 17.2. The Morgan fingerprint density at radius 1 is 0.867 bits per heavy atom. The molecule has 2 aromatic rings. The van der Waals surface area contributed by atoms with Gasteiger partial charge in [-0.15, -0.1) is 0 Å². The number of hydrogen-bond acceptors (Lipinski definition) is 4. The van der Waals surface area contributed by atoms with Crippen molar-refractivity contribution < 1.29 is 14.3 Å². The fourth-order valence-corrected chi connectivity index (χ4v) is 3.61. The number of carbonyl (C=O) groups is 1. The molecule has 2 heterocycles. The Kier molecular flexibility index (Phi) is 6.83. The van der Waals surface area contributed by atoms with Gasteiger partial charge in [-0.25, -0.2) is 0 Å². The Morgan fingerprint density at radius 3 is 2.43 bits per heavy atom. The van der Waals surface area contributed by atoms with Crippen molar-refractivity contribution >= 4 is 18.1 Å². The number of nitrogens with zero attached hydrogens (tertiary/aromatic N) is 2. The van der Waals surface area contributed by atoms with Gasteiger partial charge in [0.05, 0.1) is 13.2 Å². The highest BCUT2D eigenvalue weighted by Gasteiger charge is 2.18. The Morgan fingerprint density at radius 2 is 1.63 bits per heavy atom. The van der Waals surface area contributed by atoms with Crippen LogP contribution in [-0.2, 0) is 4.79 Å². The molecule has 0 aliphatic carbocycles. The lowest BCUT2D eigenvalue weighted by molar-refractivity contribution is -0.127. The third kappa shape index (κ3) is 5.51. The van der Waals surface area contributed by atoms with Crippen molar-refractivity contribution in [2.75, 3.05) is 45.9 Å². The largest absolute Gasteiger partial charge is 0.490 e. The van der Waals surface area contributed by atoms with E-state index in [4.69, 9.17) is 9.47 Å². The van der Waals surface area contributed by atoms with Crippen molar-refractivity contribution in [2.45, 2.75) is 6.42 Å². The molecule has 0 radical (unpaired) electrons. The van der Waals surface area contributed by atoms with Crippen LogP contribution in [0.1, 0.15) is 17.5 Å². The Hall–Kier alpha value is -3.05. The van der Waals surface area contributed by atoms with Crippen LogP contribution >= 0.6 is 0 Å². The molecule has 0 aromatic heterocycles. The van der Waals surface area contributed by atoms with E-state index >= 15 is 0 Å². The smallest absolute Gasteiger partial charge is 0.246 e. The molecule has 156 valence electrons. The van der Waals surface area contributed by atoms with Crippen LogP contribution in [0.15, 0.2) is 60.7 Å². The number of carbonyl (C=O) groups excluding carboxylic acids is 1. The molecule has 0 saturated carbocycles. The van der Waals surface area contributed by atoms with Crippen molar-refractivity contribution in [2.24, 2.45) is 0 Å². The highest BCUT2D eigenvalue weighted by Crippen LogP contribution is 2.30. The fraction of sp³-hybridized carbons (Fsp3) is 0.320. The Bertz CT molecular complexity index is 900. The minimum Gasteiger partial charge on any atom is -0.490 e. The van der Waals surface area contributed by atoms with Crippen molar-refractivity contribution in [1.29, 1.82) is 0 Å². The van der Waals surface area contributed by atoms with Gasteiger partial charge in [0.25, 0.3) is 0 Å². The third-order valence-corrected chi connectivity index (χ3v) is 5.35. The van der Waals surface area contributed by atoms with Crippen LogP contribution in [0.3, 0.4) is 0 Å². The normalized spacial score (nSPS) is 17.4. The first kappa shape index (κ1) is 20.2.